The Morgan fingerprint density at radius 2 is 2.11 bits per heavy atom. The number of anilines is 1. The zero-order valence-corrected chi connectivity index (χ0v) is 11.3. The summed E-state index contributed by atoms with van der Waals surface area (Å²) in [6, 6.07) is 9.37. The Hall–Kier alpha value is -1.02. The highest BCUT2D eigenvalue weighted by Crippen LogP contribution is 2.32. The van der Waals surface area contributed by atoms with Crippen molar-refractivity contribution in [1.82, 2.24) is 0 Å². The molecule has 0 spiro atoms. The fourth-order valence-electron chi connectivity index (χ4n) is 3.67. The second kappa shape index (κ2) is 4.93. The van der Waals surface area contributed by atoms with Gasteiger partial charge in [0.15, 0.2) is 0 Å². The molecule has 2 heteroatoms. The zero-order valence-electron chi connectivity index (χ0n) is 11.3. The Bertz CT molecular complexity index is 415. The molecular weight excluding hydrogens is 220 g/mol. The van der Waals surface area contributed by atoms with Crippen molar-refractivity contribution in [2.45, 2.75) is 38.6 Å². The van der Waals surface area contributed by atoms with E-state index >= 15 is 0 Å². The monoisotopic (exact) mass is 244 g/mol. The van der Waals surface area contributed by atoms with Crippen LogP contribution in [0.1, 0.15) is 31.7 Å². The first-order valence-corrected chi connectivity index (χ1v) is 7.31. The van der Waals surface area contributed by atoms with Crippen LogP contribution in [0.3, 0.4) is 0 Å². The lowest BCUT2D eigenvalue weighted by Gasteiger charge is -2.36. The maximum Gasteiger partial charge on any atom is 0.0399 e. The van der Waals surface area contributed by atoms with Crippen molar-refractivity contribution >= 4 is 5.69 Å². The molecule has 1 aromatic rings. The average Bonchev–Trinajstić information content (AvgIpc) is 2.74. The molecule has 2 nitrogen and oxygen atoms in total. The van der Waals surface area contributed by atoms with Gasteiger partial charge in [0.2, 0.25) is 0 Å². The molecule has 3 atom stereocenters. The minimum Gasteiger partial charge on any atom is -0.371 e. The molecule has 0 radical (unpaired) electrons. The lowest BCUT2D eigenvalue weighted by molar-refractivity contribution is 0.469. The molecule has 0 saturated heterocycles. The van der Waals surface area contributed by atoms with Crippen molar-refractivity contribution < 1.29 is 0 Å². The molecule has 0 amide bonds. The number of fused-ring (bicyclic) bond motifs is 1. The van der Waals surface area contributed by atoms with Gasteiger partial charge in [-0.1, -0.05) is 25.1 Å². The van der Waals surface area contributed by atoms with Crippen LogP contribution in [0, 0.1) is 11.8 Å². The molecule has 2 N–H and O–H groups in total. The van der Waals surface area contributed by atoms with Gasteiger partial charge in [-0.3, -0.25) is 0 Å². The minimum atomic E-state index is 0.451. The van der Waals surface area contributed by atoms with Gasteiger partial charge in [-0.25, -0.2) is 0 Å². The van der Waals surface area contributed by atoms with Crippen molar-refractivity contribution in [1.29, 1.82) is 0 Å². The first-order chi connectivity index (χ1) is 8.72. The third-order valence-corrected chi connectivity index (χ3v) is 4.49. The fraction of sp³-hybridized carbons (Fsp3) is 0.625. The molecule has 0 bridgehead atoms. The molecule has 0 aromatic heterocycles. The highest BCUT2D eigenvalue weighted by atomic mass is 15.1. The molecule has 1 aliphatic carbocycles. The smallest absolute Gasteiger partial charge is 0.0399 e. The molecule has 1 heterocycles. The number of rotatable bonds is 2. The third-order valence-electron chi connectivity index (χ3n) is 4.49. The number of nitrogens with zero attached hydrogens (tertiary/aromatic N) is 1. The molecule has 98 valence electrons. The second-order valence-corrected chi connectivity index (χ2v) is 6.28. The van der Waals surface area contributed by atoms with E-state index in [1.165, 1.54) is 50.0 Å². The van der Waals surface area contributed by atoms with Crippen LogP contribution < -0.4 is 10.6 Å². The number of benzene rings is 1. The predicted molar refractivity (Wildman–Crippen MR) is 76.8 cm³/mol. The normalized spacial score (nSPS) is 31.4. The summed E-state index contributed by atoms with van der Waals surface area (Å²) in [6.45, 7) is 4.78. The van der Waals surface area contributed by atoms with Gasteiger partial charge < -0.3 is 10.6 Å². The summed E-state index contributed by atoms with van der Waals surface area (Å²) >= 11 is 0. The van der Waals surface area contributed by atoms with Crippen LogP contribution in [0.25, 0.3) is 0 Å². The first-order valence-electron chi connectivity index (χ1n) is 7.31. The van der Waals surface area contributed by atoms with E-state index in [0.29, 0.717) is 6.04 Å². The zero-order chi connectivity index (χ0) is 12.5. The fourth-order valence-corrected chi connectivity index (χ4v) is 3.67. The molecule has 1 aliphatic heterocycles. The lowest BCUT2D eigenvalue weighted by Crippen LogP contribution is -2.37. The van der Waals surface area contributed by atoms with Gasteiger partial charge in [-0.2, -0.15) is 0 Å². The summed E-state index contributed by atoms with van der Waals surface area (Å²) in [4.78, 5) is 2.60. The van der Waals surface area contributed by atoms with Crippen LogP contribution >= 0.6 is 0 Å². The maximum absolute atomic E-state index is 6.03. The molecule has 3 unspecified atom stereocenters. The quantitative estimate of drug-likeness (QED) is 0.867. The lowest BCUT2D eigenvalue weighted by atomic mass is 9.93. The van der Waals surface area contributed by atoms with E-state index in [9.17, 15) is 0 Å². The van der Waals surface area contributed by atoms with E-state index in [2.05, 4.69) is 36.1 Å². The van der Waals surface area contributed by atoms with Crippen molar-refractivity contribution in [3.63, 3.8) is 0 Å². The Labute approximate surface area is 110 Å². The average molecular weight is 244 g/mol. The highest BCUT2D eigenvalue weighted by molar-refractivity contribution is 5.55. The van der Waals surface area contributed by atoms with Crippen molar-refractivity contribution in [2.24, 2.45) is 17.6 Å². The molecule has 1 fully saturated rings. The van der Waals surface area contributed by atoms with Crippen molar-refractivity contribution in [3.8, 4) is 0 Å². The summed E-state index contributed by atoms with van der Waals surface area (Å²) in [6.07, 6.45) is 4.98. The molecule has 1 saturated carbocycles. The van der Waals surface area contributed by atoms with Crippen LogP contribution in [0.2, 0.25) is 0 Å². The topological polar surface area (TPSA) is 29.3 Å². The second-order valence-electron chi connectivity index (χ2n) is 6.28. The van der Waals surface area contributed by atoms with Gasteiger partial charge in [0.1, 0.15) is 0 Å². The van der Waals surface area contributed by atoms with E-state index in [1.807, 2.05) is 0 Å². The van der Waals surface area contributed by atoms with E-state index in [-0.39, 0.29) is 0 Å². The van der Waals surface area contributed by atoms with Crippen LogP contribution in [0.4, 0.5) is 5.69 Å². The standard InChI is InChI=1S/C16H24N2/c1-12-8-14-4-2-3-5-16(14)18(10-12)11-13-6-7-15(17)9-13/h2-5,12-13,15H,6-11,17H2,1H3. The molecule has 3 rings (SSSR count). The van der Waals surface area contributed by atoms with E-state index in [1.54, 1.807) is 0 Å². The summed E-state index contributed by atoms with van der Waals surface area (Å²) in [5.41, 5.74) is 9.03. The SMILES string of the molecule is CC1Cc2ccccc2N(CC2CCC(N)C2)C1. The van der Waals surface area contributed by atoms with Gasteiger partial charge >= 0.3 is 0 Å². The number of para-hydroxylation sites is 1. The summed E-state index contributed by atoms with van der Waals surface area (Å²) in [7, 11) is 0. The van der Waals surface area contributed by atoms with Crippen LogP contribution in [0.5, 0.6) is 0 Å². The molecule has 1 aromatic carbocycles. The van der Waals surface area contributed by atoms with Gasteiger partial charge in [0.05, 0.1) is 0 Å². The van der Waals surface area contributed by atoms with Crippen LogP contribution in [-0.2, 0) is 6.42 Å². The van der Waals surface area contributed by atoms with Gasteiger partial charge in [-0.15, -0.1) is 0 Å². The largest absolute Gasteiger partial charge is 0.371 e. The molecular formula is C16H24N2. The Balaban J connectivity index is 1.76. The minimum absolute atomic E-state index is 0.451. The van der Waals surface area contributed by atoms with Crippen molar-refractivity contribution in [2.75, 3.05) is 18.0 Å². The molecule has 18 heavy (non-hydrogen) atoms. The summed E-state index contributed by atoms with van der Waals surface area (Å²) < 4.78 is 0. The van der Waals surface area contributed by atoms with Crippen molar-refractivity contribution in [3.05, 3.63) is 29.8 Å². The van der Waals surface area contributed by atoms with Crippen LogP contribution in [0.15, 0.2) is 24.3 Å². The van der Waals surface area contributed by atoms with Gasteiger partial charge in [0.25, 0.3) is 0 Å². The Morgan fingerprint density at radius 1 is 1.28 bits per heavy atom. The maximum atomic E-state index is 6.03. The molecule has 2 aliphatic rings. The Morgan fingerprint density at radius 3 is 2.89 bits per heavy atom. The Kier molecular flexibility index (Phi) is 3.29. The van der Waals surface area contributed by atoms with E-state index < -0.39 is 0 Å². The third kappa shape index (κ3) is 2.39. The predicted octanol–water partition coefficient (Wildman–Crippen LogP) is 2.81. The highest BCUT2D eigenvalue weighted by Gasteiger charge is 2.27. The van der Waals surface area contributed by atoms with Crippen LogP contribution in [-0.4, -0.2) is 19.1 Å². The van der Waals surface area contributed by atoms with E-state index in [4.69, 9.17) is 5.73 Å². The number of hydrogen-bond acceptors (Lipinski definition) is 2. The summed E-state index contributed by atoms with van der Waals surface area (Å²) in [5.74, 6) is 1.58. The van der Waals surface area contributed by atoms with E-state index in [0.717, 1.165) is 11.8 Å². The number of hydrogen-bond donors (Lipinski definition) is 1. The van der Waals surface area contributed by atoms with Gasteiger partial charge in [-0.05, 0) is 49.1 Å². The number of nitrogens with two attached hydrogens (primary N) is 1. The summed E-state index contributed by atoms with van der Waals surface area (Å²) in [5, 5.41) is 0. The van der Waals surface area contributed by atoms with Gasteiger partial charge in [0, 0.05) is 24.8 Å². The first kappa shape index (κ1) is 12.0.